The van der Waals surface area contributed by atoms with E-state index in [0.717, 1.165) is 43.4 Å². The van der Waals surface area contributed by atoms with E-state index in [4.69, 9.17) is 11.6 Å². The number of carbonyl (C=O) groups is 1. The molecule has 146 valence electrons. The van der Waals surface area contributed by atoms with E-state index < -0.39 is 0 Å². The third-order valence-corrected chi connectivity index (χ3v) is 4.38. The summed E-state index contributed by atoms with van der Waals surface area (Å²) in [5.74, 6) is 1.29. The van der Waals surface area contributed by atoms with Crippen LogP contribution in [0.1, 0.15) is 13.8 Å². The van der Waals surface area contributed by atoms with Gasteiger partial charge in [0.05, 0.1) is 6.54 Å². The number of anilines is 1. The van der Waals surface area contributed by atoms with Gasteiger partial charge in [0.15, 0.2) is 5.96 Å². The maximum Gasteiger partial charge on any atom is 0.242 e. The minimum Gasteiger partial charge on any atom is -0.368 e. The fourth-order valence-electron chi connectivity index (χ4n) is 2.66. The number of benzene rings is 1. The quantitative estimate of drug-likeness (QED) is 0.376. The molecule has 1 fully saturated rings. The highest BCUT2D eigenvalue weighted by atomic mass is 127. The smallest absolute Gasteiger partial charge is 0.242 e. The van der Waals surface area contributed by atoms with Crippen LogP contribution in [-0.2, 0) is 4.79 Å². The van der Waals surface area contributed by atoms with Gasteiger partial charge in [0.25, 0.3) is 0 Å². The summed E-state index contributed by atoms with van der Waals surface area (Å²) in [5.41, 5.74) is 1.15. The monoisotopic (exact) mass is 493 g/mol. The molecule has 1 saturated heterocycles. The number of nitrogens with zero attached hydrogens (tertiary/aromatic N) is 3. The molecule has 0 unspecified atom stereocenters. The van der Waals surface area contributed by atoms with Gasteiger partial charge in [0, 0.05) is 50.5 Å². The molecule has 0 spiro atoms. The minimum atomic E-state index is 0. The minimum absolute atomic E-state index is 0. The predicted octanol–water partition coefficient (Wildman–Crippen LogP) is 2.43. The van der Waals surface area contributed by atoms with Gasteiger partial charge in [-0.05, 0) is 30.2 Å². The normalized spacial score (nSPS) is 14.9. The van der Waals surface area contributed by atoms with Crippen molar-refractivity contribution in [2.24, 2.45) is 10.9 Å². The van der Waals surface area contributed by atoms with Gasteiger partial charge in [0.1, 0.15) is 0 Å². The van der Waals surface area contributed by atoms with E-state index in [1.165, 1.54) is 0 Å². The SMILES string of the molecule is CN=C(NCC(=O)N1CCN(c2ccc(Cl)cc2)CC1)NCC(C)C.I. The van der Waals surface area contributed by atoms with Crippen molar-refractivity contribution in [3.05, 3.63) is 29.3 Å². The van der Waals surface area contributed by atoms with E-state index >= 15 is 0 Å². The van der Waals surface area contributed by atoms with E-state index in [0.29, 0.717) is 11.9 Å². The molecule has 1 heterocycles. The number of amides is 1. The van der Waals surface area contributed by atoms with Crippen molar-refractivity contribution in [1.29, 1.82) is 0 Å². The van der Waals surface area contributed by atoms with E-state index in [-0.39, 0.29) is 36.4 Å². The third kappa shape index (κ3) is 7.19. The zero-order chi connectivity index (χ0) is 18.2. The Bertz CT molecular complexity index is 586. The van der Waals surface area contributed by atoms with E-state index in [2.05, 4.69) is 34.4 Å². The van der Waals surface area contributed by atoms with Crippen LogP contribution in [0.25, 0.3) is 0 Å². The van der Waals surface area contributed by atoms with Gasteiger partial charge in [-0.1, -0.05) is 25.4 Å². The summed E-state index contributed by atoms with van der Waals surface area (Å²) in [5, 5.41) is 7.04. The molecule has 0 saturated carbocycles. The molecule has 1 amide bonds. The summed E-state index contributed by atoms with van der Waals surface area (Å²) in [6.45, 7) is 8.45. The van der Waals surface area contributed by atoms with Gasteiger partial charge in [-0.3, -0.25) is 9.79 Å². The van der Waals surface area contributed by atoms with E-state index in [1.807, 2.05) is 29.2 Å². The van der Waals surface area contributed by atoms with Crippen LogP contribution in [0, 0.1) is 5.92 Å². The lowest BCUT2D eigenvalue weighted by atomic mass is 10.2. The Morgan fingerprint density at radius 3 is 2.31 bits per heavy atom. The number of halogens is 2. The molecule has 26 heavy (non-hydrogen) atoms. The molecule has 2 rings (SSSR count). The Morgan fingerprint density at radius 2 is 1.77 bits per heavy atom. The topological polar surface area (TPSA) is 60.0 Å². The van der Waals surface area contributed by atoms with Gasteiger partial charge in [-0.25, -0.2) is 0 Å². The van der Waals surface area contributed by atoms with Crippen LogP contribution in [0.2, 0.25) is 5.02 Å². The second kappa shape index (κ2) is 11.5. The number of piperazine rings is 1. The molecule has 1 aliphatic heterocycles. The summed E-state index contributed by atoms with van der Waals surface area (Å²) in [7, 11) is 1.71. The maximum absolute atomic E-state index is 12.4. The number of rotatable bonds is 5. The molecule has 2 N–H and O–H groups in total. The molecular weight excluding hydrogens is 465 g/mol. The standard InChI is InChI=1S/C18H28ClN5O.HI/c1-14(2)12-21-18(20-3)22-13-17(25)24-10-8-23(9-11-24)16-6-4-15(19)5-7-16;/h4-7,14H,8-13H2,1-3H3,(H2,20,21,22);1H. The van der Waals surface area contributed by atoms with Crippen LogP contribution in [0.3, 0.4) is 0 Å². The van der Waals surface area contributed by atoms with Crippen molar-refractivity contribution in [3.8, 4) is 0 Å². The molecule has 1 aromatic carbocycles. The first-order chi connectivity index (χ1) is 12.0. The van der Waals surface area contributed by atoms with Crippen molar-refractivity contribution < 1.29 is 4.79 Å². The number of nitrogens with one attached hydrogen (secondary N) is 2. The number of guanidine groups is 1. The highest BCUT2D eigenvalue weighted by Gasteiger charge is 2.21. The Hall–Kier alpha value is -1.22. The first-order valence-corrected chi connectivity index (χ1v) is 9.10. The van der Waals surface area contributed by atoms with Crippen molar-refractivity contribution in [3.63, 3.8) is 0 Å². The molecule has 0 aromatic heterocycles. The van der Waals surface area contributed by atoms with Crippen LogP contribution in [-0.4, -0.2) is 63.1 Å². The van der Waals surface area contributed by atoms with Crippen LogP contribution in [0.4, 0.5) is 5.69 Å². The van der Waals surface area contributed by atoms with Gasteiger partial charge in [-0.2, -0.15) is 0 Å². The Morgan fingerprint density at radius 1 is 1.15 bits per heavy atom. The molecule has 1 aliphatic rings. The zero-order valence-corrected chi connectivity index (χ0v) is 18.8. The van der Waals surface area contributed by atoms with Crippen molar-refractivity contribution >= 4 is 53.1 Å². The number of hydrogen-bond acceptors (Lipinski definition) is 3. The zero-order valence-electron chi connectivity index (χ0n) is 15.7. The van der Waals surface area contributed by atoms with E-state index in [9.17, 15) is 4.79 Å². The largest absolute Gasteiger partial charge is 0.368 e. The average molecular weight is 494 g/mol. The Kier molecular flexibility index (Phi) is 10.1. The van der Waals surface area contributed by atoms with Crippen LogP contribution < -0.4 is 15.5 Å². The molecular formula is C18H29ClIN5O. The van der Waals surface area contributed by atoms with Crippen LogP contribution >= 0.6 is 35.6 Å². The average Bonchev–Trinajstić information content (AvgIpc) is 2.62. The first-order valence-electron chi connectivity index (χ1n) is 8.72. The van der Waals surface area contributed by atoms with Crippen molar-refractivity contribution in [1.82, 2.24) is 15.5 Å². The lowest BCUT2D eigenvalue weighted by Crippen LogP contribution is -2.52. The van der Waals surface area contributed by atoms with Gasteiger partial charge < -0.3 is 20.4 Å². The molecule has 1 aromatic rings. The fourth-order valence-corrected chi connectivity index (χ4v) is 2.78. The third-order valence-electron chi connectivity index (χ3n) is 4.13. The molecule has 0 aliphatic carbocycles. The summed E-state index contributed by atoms with van der Waals surface area (Å²) in [6.07, 6.45) is 0. The maximum atomic E-state index is 12.4. The molecule has 0 atom stereocenters. The number of hydrogen-bond donors (Lipinski definition) is 2. The summed E-state index contributed by atoms with van der Waals surface area (Å²) >= 11 is 5.93. The second-order valence-electron chi connectivity index (χ2n) is 6.54. The predicted molar refractivity (Wildman–Crippen MR) is 120 cm³/mol. The molecule has 8 heteroatoms. The Labute approximate surface area is 178 Å². The highest BCUT2D eigenvalue weighted by Crippen LogP contribution is 2.19. The summed E-state index contributed by atoms with van der Waals surface area (Å²) in [6, 6.07) is 7.83. The fraction of sp³-hybridized carbons (Fsp3) is 0.556. The Balaban J connectivity index is 0.00000338. The molecule has 0 bridgehead atoms. The lowest BCUT2D eigenvalue weighted by molar-refractivity contribution is -0.130. The lowest BCUT2D eigenvalue weighted by Gasteiger charge is -2.36. The van der Waals surface area contributed by atoms with Crippen LogP contribution in [0.15, 0.2) is 29.3 Å². The second-order valence-corrected chi connectivity index (χ2v) is 6.98. The molecule has 0 radical (unpaired) electrons. The van der Waals surface area contributed by atoms with Gasteiger partial charge in [-0.15, -0.1) is 24.0 Å². The van der Waals surface area contributed by atoms with Gasteiger partial charge >= 0.3 is 0 Å². The van der Waals surface area contributed by atoms with Crippen molar-refractivity contribution in [2.45, 2.75) is 13.8 Å². The highest BCUT2D eigenvalue weighted by molar-refractivity contribution is 14.0. The van der Waals surface area contributed by atoms with Gasteiger partial charge in [0.2, 0.25) is 5.91 Å². The molecule has 6 nitrogen and oxygen atoms in total. The van der Waals surface area contributed by atoms with Crippen molar-refractivity contribution in [2.75, 3.05) is 51.2 Å². The summed E-state index contributed by atoms with van der Waals surface area (Å²) in [4.78, 5) is 20.7. The number of carbonyl (C=O) groups excluding carboxylic acids is 1. The van der Waals surface area contributed by atoms with Crippen LogP contribution in [0.5, 0.6) is 0 Å². The summed E-state index contributed by atoms with van der Waals surface area (Å²) < 4.78 is 0. The van der Waals surface area contributed by atoms with E-state index in [1.54, 1.807) is 7.05 Å². The first kappa shape index (κ1) is 22.8. The number of aliphatic imine (C=N–C) groups is 1.